The average Bonchev–Trinajstić information content (AvgIpc) is 2.74. The summed E-state index contributed by atoms with van der Waals surface area (Å²) in [5.74, 6) is 1.18. The van der Waals surface area contributed by atoms with E-state index in [1.165, 1.54) is 19.3 Å². The molecule has 0 aromatic rings. The molecule has 106 valence electrons. The molecule has 0 N–H and O–H groups in total. The van der Waals surface area contributed by atoms with Gasteiger partial charge >= 0.3 is 0 Å². The third kappa shape index (κ3) is 2.20. The van der Waals surface area contributed by atoms with Gasteiger partial charge in [0.05, 0.1) is 0 Å². The van der Waals surface area contributed by atoms with Gasteiger partial charge in [-0.2, -0.15) is 0 Å². The lowest BCUT2D eigenvalue weighted by atomic mass is 9.66. The number of ether oxygens (including phenoxy) is 4. The first kappa shape index (κ1) is 14.3. The van der Waals surface area contributed by atoms with Crippen LogP contribution in [0.5, 0.6) is 0 Å². The lowest BCUT2D eigenvalue weighted by Gasteiger charge is -2.47. The van der Waals surface area contributed by atoms with Crippen molar-refractivity contribution in [1.29, 1.82) is 0 Å². The van der Waals surface area contributed by atoms with Crippen molar-refractivity contribution in [3.05, 3.63) is 0 Å². The molecule has 0 aromatic carbocycles. The maximum atomic E-state index is 5.60. The monoisotopic (exact) mass is 258 g/mol. The van der Waals surface area contributed by atoms with Crippen molar-refractivity contribution in [1.82, 2.24) is 0 Å². The first-order valence-corrected chi connectivity index (χ1v) is 6.83. The maximum Gasteiger partial charge on any atom is 0.162 e. The second kappa shape index (κ2) is 5.87. The maximum absolute atomic E-state index is 5.60. The van der Waals surface area contributed by atoms with E-state index in [1.54, 1.807) is 28.4 Å². The smallest absolute Gasteiger partial charge is 0.162 e. The summed E-state index contributed by atoms with van der Waals surface area (Å²) in [5.41, 5.74) is 0.0586. The van der Waals surface area contributed by atoms with E-state index in [0.717, 1.165) is 18.8 Å². The van der Waals surface area contributed by atoms with Crippen molar-refractivity contribution in [3.63, 3.8) is 0 Å². The van der Waals surface area contributed by atoms with Crippen LogP contribution in [-0.2, 0) is 18.9 Å². The SMILES string of the molecule is COC(OC)[C@H]1CC[C@@H]2CC[C@@]1(C(OC)OC)C2. The molecule has 2 bridgehead atoms. The predicted octanol–water partition coefficient (Wildman–Crippen LogP) is 2.42. The molecule has 18 heavy (non-hydrogen) atoms. The highest BCUT2D eigenvalue weighted by Gasteiger charge is 2.56. The molecular weight excluding hydrogens is 232 g/mol. The molecule has 2 aliphatic rings. The van der Waals surface area contributed by atoms with Gasteiger partial charge < -0.3 is 18.9 Å². The minimum Gasteiger partial charge on any atom is -0.356 e. The molecule has 0 heterocycles. The van der Waals surface area contributed by atoms with Crippen molar-refractivity contribution in [2.45, 2.75) is 44.7 Å². The molecule has 4 heteroatoms. The van der Waals surface area contributed by atoms with Gasteiger partial charge in [-0.3, -0.25) is 0 Å². The summed E-state index contributed by atoms with van der Waals surface area (Å²) in [7, 11) is 6.90. The van der Waals surface area contributed by atoms with Crippen molar-refractivity contribution in [2.75, 3.05) is 28.4 Å². The Morgan fingerprint density at radius 1 is 0.889 bits per heavy atom. The van der Waals surface area contributed by atoms with Crippen LogP contribution in [0.2, 0.25) is 0 Å². The molecule has 0 aliphatic heterocycles. The summed E-state index contributed by atoms with van der Waals surface area (Å²) >= 11 is 0. The third-order valence-corrected chi connectivity index (χ3v) is 5.00. The van der Waals surface area contributed by atoms with E-state index in [-0.39, 0.29) is 18.0 Å². The Morgan fingerprint density at radius 3 is 2.11 bits per heavy atom. The molecule has 2 fully saturated rings. The van der Waals surface area contributed by atoms with Gasteiger partial charge in [0.2, 0.25) is 0 Å². The van der Waals surface area contributed by atoms with Gasteiger partial charge in [0, 0.05) is 39.8 Å². The third-order valence-electron chi connectivity index (χ3n) is 5.00. The van der Waals surface area contributed by atoms with E-state index < -0.39 is 0 Å². The van der Waals surface area contributed by atoms with Gasteiger partial charge in [0.15, 0.2) is 12.6 Å². The van der Waals surface area contributed by atoms with Crippen LogP contribution in [0.25, 0.3) is 0 Å². The van der Waals surface area contributed by atoms with Gasteiger partial charge in [-0.05, 0) is 38.0 Å². The first-order valence-electron chi connectivity index (χ1n) is 6.83. The van der Waals surface area contributed by atoms with Crippen molar-refractivity contribution < 1.29 is 18.9 Å². The topological polar surface area (TPSA) is 36.9 Å². The molecule has 0 spiro atoms. The Bertz CT molecular complexity index is 261. The molecule has 2 saturated carbocycles. The van der Waals surface area contributed by atoms with E-state index in [2.05, 4.69) is 0 Å². The fourth-order valence-electron chi connectivity index (χ4n) is 4.29. The highest BCUT2D eigenvalue weighted by Crippen LogP contribution is 2.58. The molecule has 0 aromatic heterocycles. The van der Waals surface area contributed by atoms with Gasteiger partial charge in [0.25, 0.3) is 0 Å². The lowest BCUT2D eigenvalue weighted by molar-refractivity contribution is -0.248. The zero-order valence-electron chi connectivity index (χ0n) is 12.0. The van der Waals surface area contributed by atoms with Crippen LogP contribution < -0.4 is 0 Å². The van der Waals surface area contributed by atoms with Crippen LogP contribution in [0, 0.1) is 17.3 Å². The number of hydrogen-bond donors (Lipinski definition) is 0. The van der Waals surface area contributed by atoms with E-state index >= 15 is 0 Å². The summed E-state index contributed by atoms with van der Waals surface area (Å²) in [6.45, 7) is 0. The van der Waals surface area contributed by atoms with E-state index in [1.807, 2.05) is 0 Å². The largest absolute Gasteiger partial charge is 0.356 e. The zero-order chi connectivity index (χ0) is 13.2. The number of rotatable bonds is 6. The Kier molecular flexibility index (Phi) is 4.64. The fraction of sp³-hybridized carbons (Fsp3) is 1.00. The van der Waals surface area contributed by atoms with E-state index in [0.29, 0.717) is 5.92 Å². The molecule has 3 atom stereocenters. The molecule has 0 amide bonds. The van der Waals surface area contributed by atoms with E-state index in [9.17, 15) is 0 Å². The summed E-state index contributed by atoms with van der Waals surface area (Å²) in [6, 6.07) is 0. The number of fused-ring (bicyclic) bond motifs is 2. The van der Waals surface area contributed by atoms with Crippen LogP contribution in [-0.4, -0.2) is 41.0 Å². The minimum atomic E-state index is -0.156. The molecule has 0 radical (unpaired) electrons. The fourth-order valence-corrected chi connectivity index (χ4v) is 4.29. The molecule has 0 unspecified atom stereocenters. The predicted molar refractivity (Wildman–Crippen MR) is 68.1 cm³/mol. The van der Waals surface area contributed by atoms with Crippen molar-refractivity contribution >= 4 is 0 Å². The van der Waals surface area contributed by atoms with Crippen molar-refractivity contribution in [2.24, 2.45) is 17.3 Å². The second-order valence-electron chi connectivity index (χ2n) is 5.67. The summed E-state index contributed by atoms with van der Waals surface area (Å²) < 4.78 is 22.2. The summed E-state index contributed by atoms with van der Waals surface area (Å²) in [4.78, 5) is 0. The van der Waals surface area contributed by atoms with Crippen LogP contribution in [0.4, 0.5) is 0 Å². The molecular formula is C14H26O4. The highest BCUT2D eigenvalue weighted by atomic mass is 16.7. The first-order chi connectivity index (χ1) is 8.71. The minimum absolute atomic E-state index is 0.0586. The van der Waals surface area contributed by atoms with Gasteiger partial charge in [-0.15, -0.1) is 0 Å². The normalized spacial score (nSPS) is 35.7. The van der Waals surface area contributed by atoms with Crippen LogP contribution in [0.1, 0.15) is 32.1 Å². The Morgan fingerprint density at radius 2 is 1.56 bits per heavy atom. The van der Waals surface area contributed by atoms with Crippen LogP contribution in [0.15, 0.2) is 0 Å². The second-order valence-corrected chi connectivity index (χ2v) is 5.67. The molecule has 4 nitrogen and oxygen atoms in total. The summed E-state index contributed by atoms with van der Waals surface area (Å²) in [5, 5.41) is 0. The van der Waals surface area contributed by atoms with Gasteiger partial charge in [0.1, 0.15) is 0 Å². The zero-order valence-corrected chi connectivity index (χ0v) is 12.0. The molecule has 2 rings (SSSR count). The average molecular weight is 258 g/mol. The Hall–Kier alpha value is -0.160. The molecule has 0 saturated heterocycles. The quantitative estimate of drug-likeness (QED) is 0.686. The van der Waals surface area contributed by atoms with Crippen molar-refractivity contribution in [3.8, 4) is 0 Å². The summed E-state index contributed by atoms with van der Waals surface area (Å²) in [6.07, 6.45) is 5.71. The van der Waals surface area contributed by atoms with E-state index in [4.69, 9.17) is 18.9 Å². The lowest BCUT2D eigenvalue weighted by Crippen LogP contribution is -2.49. The van der Waals surface area contributed by atoms with Crippen LogP contribution >= 0.6 is 0 Å². The standard InChI is InChI=1S/C14H26O4/c1-15-12(16-2)11-6-5-10-7-8-14(11,9-10)13(17-3)18-4/h10-13H,5-9H2,1-4H3/t10-,11-,14-/m1/s1. The highest BCUT2D eigenvalue weighted by molar-refractivity contribution is 5.01. The van der Waals surface area contributed by atoms with Gasteiger partial charge in [-0.1, -0.05) is 0 Å². The van der Waals surface area contributed by atoms with Crippen LogP contribution in [0.3, 0.4) is 0 Å². The Balaban J connectivity index is 2.25. The number of hydrogen-bond acceptors (Lipinski definition) is 4. The molecule has 2 aliphatic carbocycles. The van der Waals surface area contributed by atoms with Gasteiger partial charge in [-0.25, -0.2) is 0 Å². The Labute approximate surface area is 110 Å². The number of methoxy groups -OCH3 is 4.